The van der Waals surface area contributed by atoms with Gasteiger partial charge in [-0.3, -0.25) is 0 Å². The van der Waals surface area contributed by atoms with Crippen LogP contribution in [0.5, 0.6) is 5.88 Å². The van der Waals surface area contributed by atoms with Crippen molar-refractivity contribution in [3.8, 4) is 5.88 Å². The minimum absolute atomic E-state index is 0.0159. The van der Waals surface area contributed by atoms with Gasteiger partial charge in [0.2, 0.25) is 5.88 Å². The fourth-order valence-corrected chi connectivity index (χ4v) is 2.22. The molecule has 0 unspecified atom stereocenters. The van der Waals surface area contributed by atoms with Gasteiger partial charge in [-0.1, -0.05) is 5.16 Å². The molecule has 6 heteroatoms. The van der Waals surface area contributed by atoms with Crippen molar-refractivity contribution in [3.63, 3.8) is 0 Å². The Hall–Kier alpha value is -1.82. The van der Waals surface area contributed by atoms with Crippen LogP contribution in [0.2, 0.25) is 0 Å². The van der Waals surface area contributed by atoms with Crippen molar-refractivity contribution >= 4 is 5.84 Å². The number of ether oxygens (including phenoxy) is 2. The molecule has 3 rings (SSSR count). The van der Waals surface area contributed by atoms with Gasteiger partial charge in [0.25, 0.3) is 0 Å². The largest absolute Gasteiger partial charge is 0.469 e. The van der Waals surface area contributed by atoms with Crippen molar-refractivity contribution in [2.24, 2.45) is 10.9 Å². The van der Waals surface area contributed by atoms with Crippen LogP contribution in [0.25, 0.3) is 0 Å². The van der Waals surface area contributed by atoms with Gasteiger partial charge in [-0.25, -0.2) is 4.98 Å². The predicted octanol–water partition coefficient (Wildman–Crippen LogP) is 0.442. The van der Waals surface area contributed by atoms with Gasteiger partial charge in [-0.05, 0) is 30.9 Å². The second-order valence-electron chi connectivity index (χ2n) is 4.56. The van der Waals surface area contributed by atoms with Crippen LogP contribution in [0.15, 0.2) is 11.2 Å². The molecule has 0 radical (unpaired) electrons. The number of rotatable bonds is 3. The average molecular weight is 249 g/mol. The highest BCUT2D eigenvalue weighted by molar-refractivity contribution is 5.99. The quantitative estimate of drug-likeness (QED) is 0.351. The van der Waals surface area contributed by atoms with Gasteiger partial charge in [-0.2, -0.15) is 0 Å². The Morgan fingerprint density at radius 2 is 2.33 bits per heavy atom. The summed E-state index contributed by atoms with van der Waals surface area (Å²) in [4.78, 5) is 4.49. The molecule has 3 N–H and O–H groups in total. The fraction of sp³-hybridized carbons (Fsp3) is 0.500. The molecule has 1 aromatic heterocycles. The van der Waals surface area contributed by atoms with Crippen LogP contribution in [0.4, 0.5) is 0 Å². The summed E-state index contributed by atoms with van der Waals surface area (Å²) in [6.45, 7) is 1.13. The summed E-state index contributed by atoms with van der Waals surface area (Å²) >= 11 is 0. The zero-order valence-electron chi connectivity index (χ0n) is 9.93. The first-order valence-electron chi connectivity index (χ1n) is 6.03. The number of pyridine rings is 1. The summed E-state index contributed by atoms with van der Waals surface area (Å²) in [6, 6.07) is 1.92. The standard InChI is InChI=1S/C12H15N3O3/c13-11(15-16)9-4-7-2-1-3-10(7)14-12(9)18-8-5-17-6-8/h4,8,16H,1-3,5-6H2,(H2,13,15). The van der Waals surface area contributed by atoms with Crippen LogP contribution in [0.3, 0.4) is 0 Å². The molecule has 18 heavy (non-hydrogen) atoms. The Kier molecular flexibility index (Phi) is 2.79. The fourth-order valence-electron chi connectivity index (χ4n) is 2.22. The monoisotopic (exact) mass is 249 g/mol. The Labute approximate surface area is 104 Å². The molecule has 1 aromatic rings. The number of hydrogen-bond donors (Lipinski definition) is 2. The van der Waals surface area contributed by atoms with E-state index in [2.05, 4.69) is 10.1 Å². The van der Waals surface area contributed by atoms with E-state index in [-0.39, 0.29) is 11.9 Å². The summed E-state index contributed by atoms with van der Waals surface area (Å²) in [5, 5.41) is 11.9. The van der Waals surface area contributed by atoms with Gasteiger partial charge in [0, 0.05) is 5.69 Å². The third kappa shape index (κ3) is 1.88. The van der Waals surface area contributed by atoms with Crippen LogP contribution < -0.4 is 10.5 Å². The van der Waals surface area contributed by atoms with Gasteiger partial charge in [0.1, 0.15) is 6.10 Å². The lowest BCUT2D eigenvalue weighted by atomic mass is 10.1. The highest BCUT2D eigenvalue weighted by Crippen LogP contribution is 2.27. The minimum Gasteiger partial charge on any atom is -0.469 e. The number of nitrogens with two attached hydrogens (primary N) is 1. The van der Waals surface area contributed by atoms with Gasteiger partial charge in [-0.15, -0.1) is 0 Å². The zero-order chi connectivity index (χ0) is 12.5. The maximum absolute atomic E-state index is 8.82. The van der Waals surface area contributed by atoms with Crippen molar-refractivity contribution in [2.45, 2.75) is 25.4 Å². The van der Waals surface area contributed by atoms with E-state index in [1.807, 2.05) is 6.07 Å². The number of aromatic nitrogens is 1. The molecular formula is C12H15N3O3. The topological polar surface area (TPSA) is 90.0 Å². The Morgan fingerprint density at radius 3 is 3.00 bits per heavy atom. The zero-order valence-corrected chi connectivity index (χ0v) is 9.93. The second-order valence-corrected chi connectivity index (χ2v) is 4.56. The molecule has 0 spiro atoms. The molecule has 2 heterocycles. The normalized spacial score (nSPS) is 19.4. The molecule has 1 saturated heterocycles. The van der Waals surface area contributed by atoms with E-state index in [0.29, 0.717) is 24.7 Å². The maximum Gasteiger partial charge on any atom is 0.225 e. The first-order valence-corrected chi connectivity index (χ1v) is 6.03. The number of oxime groups is 1. The van der Waals surface area contributed by atoms with E-state index in [4.69, 9.17) is 20.4 Å². The van der Waals surface area contributed by atoms with Crippen LogP contribution >= 0.6 is 0 Å². The molecule has 0 saturated carbocycles. The van der Waals surface area contributed by atoms with Gasteiger partial charge in [0.15, 0.2) is 5.84 Å². The van der Waals surface area contributed by atoms with E-state index in [1.54, 1.807) is 0 Å². The molecule has 1 aliphatic heterocycles. The third-order valence-electron chi connectivity index (χ3n) is 3.29. The smallest absolute Gasteiger partial charge is 0.225 e. The molecular weight excluding hydrogens is 234 g/mol. The first-order chi connectivity index (χ1) is 8.78. The maximum atomic E-state index is 8.82. The van der Waals surface area contributed by atoms with Crippen molar-refractivity contribution in [1.82, 2.24) is 4.98 Å². The SMILES string of the molecule is N/C(=N/O)c1cc2c(nc1OC1COC1)CCC2. The molecule has 96 valence electrons. The molecule has 1 fully saturated rings. The summed E-state index contributed by atoms with van der Waals surface area (Å²) < 4.78 is 10.8. The molecule has 0 amide bonds. The molecule has 0 bridgehead atoms. The van der Waals surface area contributed by atoms with E-state index in [9.17, 15) is 0 Å². The number of aryl methyl sites for hydroxylation is 2. The number of fused-ring (bicyclic) bond motifs is 1. The van der Waals surface area contributed by atoms with Crippen LogP contribution in [-0.2, 0) is 17.6 Å². The Bertz CT molecular complexity index is 498. The van der Waals surface area contributed by atoms with Crippen LogP contribution in [-0.4, -0.2) is 35.3 Å². The van der Waals surface area contributed by atoms with Gasteiger partial charge in [0.05, 0.1) is 18.8 Å². The molecule has 6 nitrogen and oxygen atoms in total. The first kappa shape index (κ1) is 11.3. The summed E-state index contributed by atoms with van der Waals surface area (Å²) in [7, 11) is 0. The third-order valence-corrected chi connectivity index (χ3v) is 3.29. The van der Waals surface area contributed by atoms with Gasteiger partial charge < -0.3 is 20.4 Å². The van der Waals surface area contributed by atoms with E-state index >= 15 is 0 Å². The summed E-state index contributed by atoms with van der Waals surface area (Å²) in [6.07, 6.45) is 3.06. The number of hydrogen-bond acceptors (Lipinski definition) is 5. The van der Waals surface area contributed by atoms with Crippen LogP contribution in [0, 0.1) is 0 Å². The summed E-state index contributed by atoms with van der Waals surface area (Å²) in [5.74, 6) is 0.478. The van der Waals surface area contributed by atoms with Crippen molar-refractivity contribution < 1.29 is 14.7 Å². The van der Waals surface area contributed by atoms with E-state index in [0.717, 1.165) is 30.5 Å². The molecule has 1 aliphatic carbocycles. The predicted molar refractivity (Wildman–Crippen MR) is 64.0 cm³/mol. The summed E-state index contributed by atoms with van der Waals surface area (Å²) in [5.41, 5.74) is 8.45. The molecule has 2 aliphatic rings. The van der Waals surface area contributed by atoms with E-state index < -0.39 is 0 Å². The second kappa shape index (κ2) is 4.45. The highest BCUT2D eigenvalue weighted by atomic mass is 16.6. The minimum atomic E-state index is 0.0159. The lowest BCUT2D eigenvalue weighted by molar-refractivity contribution is -0.0814. The van der Waals surface area contributed by atoms with Gasteiger partial charge >= 0.3 is 0 Å². The molecule has 0 atom stereocenters. The van der Waals surface area contributed by atoms with E-state index in [1.165, 1.54) is 0 Å². The lowest BCUT2D eigenvalue weighted by Gasteiger charge is -2.27. The van der Waals surface area contributed by atoms with Crippen molar-refractivity contribution in [2.75, 3.05) is 13.2 Å². The Balaban J connectivity index is 1.97. The Morgan fingerprint density at radius 1 is 1.50 bits per heavy atom. The van der Waals surface area contributed by atoms with Crippen molar-refractivity contribution in [1.29, 1.82) is 0 Å². The van der Waals surface area contributed by atoms with Crippen LogP contribution in [0.1, 0.15) is 23.2 Å². The van der Waals surface area contributed by atoms with Crippen molar-refractivity contribution in [3.05, 3.63) is 22.9 Å². The molecule has 0 aromatic carbocycles. The number of nitrogens with zero attached hydrogens (tertiary/aromatic N) is 2. The highest BCUT2D eigenvalue weighted by Gasteiger charge is 2.25. The lowest BCUT2D eigenvalue weighted by Crippen LogP contribution is -2.39. The number of amidine groups is 1. The average Bonchev–Trinajstić information content (AvgIpc) is 2.78.